The van der Waals surface area contributed by atoms with Crippen LogP contribution in [0.15, 0.2) is 91.1 Å². The number of hydrogen-bond donors (Lipinski definition) is 4. The van der Waals surface area contributed by atoms with Gasteiger partial charge in [-0.2, -0.15) is 0 Å². The van der Waals surface area contributed by atoms with Crippen LogP contribution < -0.4 is 35.6 Å². The topological polar surface area (TPSA) is 195 Å². The zero-order chi connectivity index (χ0) is 48.5. The van der Waals surface area contributed by atoms with Crippen LogP contribution in [0.3, 0.4) is 0 Å². The third-order valence-electron chi connectivity index (χ3n) is 14.2. The summed E-state index contributed by atoms with van der Waals surface area (Å²) in [4.78, 5) is 90.2. The summed E-state index contributed by atoms with van der Waals surface area (Å²) in [6, 6.07) is 22.7. The largest absolute Gasteiger partial charge is 0.495 e. The van der Waals surface area contributed by atoms with Crippen LogP contribution in [0.2, 0.25) is 0 Å². The van der Waals surface area contributed by atoms with Gasteiger partial charge < -0.3 is 40.1 Å². The van der Waals surface area contributed by atoms with Crippen molar-refractivity contribution < 1.29 is 42.6 Å². The molecule has 1 aromatic heterocycles. The molecule has 1 unspecified atom stereocenters. The molecule has 4 fully saturated rings. The number of carbonyl (C=O) groups excluding carboxylic acids is 6. The second-order valence-electron chi connectivity index (χ2n) is 18.8. The number of ether oxygens (including phenoxy) is 2. The number of nitrogens with one attached hydrogen (secondary N) is 4. The molecule has 0 radical (unpaired) electrons. The van der Waals surface area contributed by atoms with E-state index in [1.54, 1.807) is 61.8 Å². The molecular weight excluding hydrogens is 898 g/mol. The second-order valence-corrected chi connectivity index (χ2v) is 18.8. The van der Waals surface area contributed by atoms with Crippen LogP contribution in [0.4, 0.5) is 27.1 Å². The van der Waals surface area contributed by atoms with Gasteiger partial charge in [0.1, 0.15) is 34.5 Å². The number of anilines is 4. The fourth-order valence-electron chi connectivity index (χ4n) is 10.0. The predicted octanol–water partition coefficient (Wildman–Crippen LogP) is 5.77. The van der Waals surface area contributed by atoms with Crippen LogP contribution in [0, 0.1) is 17.2 Å². The molecule has 3 saturated heterocycles. The van der Waals surface area contributed by atoms with E-state index in [4.69, 9.17) is 9.47 Å². The number of aromatic nitrogens is 1. The highest BCUT2D eigenvalue weighted by Gasteiger charge is 2.56. The monoisotopic (exact) mass is 951 g/mol. The summed E-state index contributed by atoms with van der Waals surface area (Å²) in [5.41, 5.74) is 3.21. The lowest BCUT2D eigenvalue weighted by molar-refractivity contribution is -0.137. The third-order valence-corrected chi connectivity index (χ3v) is 14.2. The molecular formula is C52H54FN9O8. The van der Waals surface area contributed by atoms with Crippen molar-refractivity contribution in [2.45, 2.75) is 51.1 Å². The van der Waals surface area contributed by atoms with E-state index < -0.39 is 35.0 Å². The summed E-state index contributed by atoms with van der Waals surface area (Å²) in [6.45, 7) is 6.40. The van der Waals surface area contributed by atoms with Crippen LogP contribution >= 0.6 is 0 Å². The summed E-state index contributed by atoms with van der Waals surface area (Å²) in [7, 11) is 1.66. The molecule has 0 bridgehead atoms. The number of piperidine rings is 2. The van der Waals surface area contributed by atoms with E-state index in [1.165, 1.54) is 29.2 Å². The smallest absolute Gasteiger partial charge is 0.255 e. The number of hydrogen-bond acceptors (Lipinski definition) is 12. The van der Waals surface area contributed by atoms with Crippen LogP contribution in [0.25, 0.3) is 10.9 Å². The molecule has 5 heterocycles. The van der Waals surface area contributed by atoms with Gasteiger partial charge in [-0.25, -0.2) is 4.39 Å². The van der Waals surface area contributed by atoms with Gasteiger partial charge in [-0.1, -0.05) is 6.07 Å². The van der Waals surface area contributed by atoms with Gasteiger partial charge in [0.15, 0.2) is 0 Å². The minimum atomic E-state index is -1.18. The van der Waals surface area contributed by atoms with E-state index in [0.29, 0.717) is 58.4 Å². The first-order valence-electron chi connectivity index (χ1n) is 23.8. The van der Waals surface area contributed by atoms with Crippen molar-refractivity contribution >= 4 is 69.1 Å². The molecule has 5 aromatic rings. The van der Waals surface area contributed by atoms with Crippen LogP contribution in [0.5, 0.6) is 17.2 Å². The minimum Gasteiger partial charge on any atom is -0.495 e. The van der Waals surface area contributed by atoms with E-state index in [1.807, 2.05) is 6.07 Å². The van der Waals surface area contributed by atoms with E-state index in [2.05, 4.69) is 47.0 Å². The molecule has 4 aliphatic heterocycles. The lowest BCUT2D eigenvalue weighted by Crippen LogP contribution is -2.52. The van der Waals surface area contributed by atoms with Crippen molar-refractivity contribution in [1.29, 1.82) is 0 Å². The number of halogens is 1. The first-order chi connectivity index (χ1) is 33.9. The van der Waals surface area contributed by atoms with Crippen LogP contribution in [0.1, 0.15) is 54.4 Å². The Bertz CT molecular complexity index is 2860. The van der Waals surface area contributed by atoms with Crippen molar-refractivity contribution in [3.8, 4) is 17.2 Å². The molecule has 1 aliphatic carbocycles. The molecule has 4 aromatic carbocycles. The fourth-order valence-corrected chi connectivity index (χ4v) is 10.0. The fraction of sp³-hybridized carbons (Fsp3) is 0.365. The van der Waals surface area contributed by atoms with E-state index in [-0.39, 0.29) is 43.7 Å². The Balaban J connectivity index is 0.685. The zero-order valence-electron chi connectivity index (χ0n) is 38.8. The number of methoxy groups -OCH3 is 1. The molecule has 1 saturated carbocycles. The highest BCUT2D eigenvalue weighted by Crippen LogP contribution is 2.48. The van der Waals surface area contributed by atoms with Crippen molar-refractivity contribution in [1.82, 2.24) is 25.0 Å². The van der Waals surface area contributed by atoms with E-state index in [0.717, 1.165) is 81.0 Å². The van der Waals surface area contributed by atoms with Gasteiger partial charge in [-0.05, 0) is 117 Å². The average molecular weight is 952 g/mol. The maximum Gasteiger partial charge on any atom is 0.255 e. The minimum absolute atomic E-state index is 0.156. The standard InChI is InChI=1S/C52H54FN9O8/c1-69-45-27-38-41(54-20-15-44(38)70-36-11-9-35(10-12-36)56-51(68)52(18-19-52)50(67)55-34-7-5-33(53)6-8-34)28-43(45)61-21-16-32(17-22-61)29-59-23-25-60(26-24-59)31-47(64)57-40-4-2-3-37-39(40)30-62(49(37)66)42-13-14-46(63)58-48(42)65/h2-12,15,20,27-28,32,42H,13-14,16-19,21-26,29-31H2,1H3,(H,55,67)(H,56,68)(H,57,64)(H,58,63,65). The normalized spacial score (nSPS) is 19.3. The summed E-state index contributed by atoms with van der Waals surface area (Å²) in [6.07, 6.45) is 5.04. The van der Waals surface area contributed by atoms with Crippen molar-refractivity contribution in [3.05, 3.63) is 108 Å². The number of carbonyl (C=O) groups is 6. The Morgan fingerprint density at radius 2 is 1.49 bits per heavy atom. The SMILES string of the molecule is COc1cc2c(Oc3ccc(NC(=O)C4(C(=O)Nc5ccc(F)cc5)CC4)cc3)ccnc2cc1N1CCC(CN2CCN(CC(=O)Nc3cccc4c3CN(C3CCC(=O)NC3=O)C4=O)CC2)CC1. The molecule has 5 aliphatic rings. The van der Waals surface area contributed by atoms with Gasteiger partial charge >= 0.3 is 0 Å². The number of imide groups is 1. The van der Waals surface area contributed by atoms with Gasteiger partial charge in [0.05, 0.1) is 24.9 Å². The Kier molecular flexibility index (Phi) is 12.9. The Morgan fingerprint density at radius 1 is 0.800 bits per heavy atom. The summed E-state index contributed by atoms with van der Waals surface area (Å²) in [5.74, 6) is -0.0812. The zero-order valence-corrected chi connectivity index (χ0v) is 38.8. The molecule has 1 atom stereocenters. The molecule has 4 N–H and O–H groups in total. The Morgan fingerprint density at radius 3 is 2.16 bits per heavy atom. The summed E-state index contributed by atoms with van der Waals surface area (Å²) >= 11 is 0. The van der Waals surface area contributed by atoms with Crippen molar-refractivity contribution in [2.24, 2.45) is 11.3 Å². The predicted molar refractivity (Wildman–Crippen MR) is 259 cm³/mol. The Hall–Kier alpha value is -7.44. The van der Waals surface area contributed by atoms with Gasteiger partial charge in [0.2, 0.25) is 29.5 Å². The van der Waals surface area contributed by atoms with E-state index in [9.17, 15) is 33.2 Å². The van der Waals surface area contributed by atoms with Gasteiger partial charge in [-0.3, -0.25) is 44.0 Å². The van der Waals surface area contributed by atoms with Crippen molar-refractivity contribution in [3.63, 3.8) is 0 Å². The molecule has 70 heavy (non-hydrogen) atoms. The number of benzene rings is 4. The highest BCUT2D eigenvalue weighted by molar-refractivity contribution is 6.17. The summed E-state index contributed by atoms with van der Waals surface area (Å²) < 4.78 is 25.6. The number of nitrogens with zero attached hydrogens (tertiary/aromatic N) is 5. The number of pyridine rings is 1. The maximum atomic E-state index is 13.3. The highest BCUT2D eigenvalue weighted by atomic mass is 19.1. The quantitative estimate of drug-likeness (QED) is 0.0778. The Labute approximate surface area is 403 Å². The van der Waals surface area contributed by atoms with Gasteiger partial charge in [0.25, 0.3) is 5.91 Å². The molecule has 6 amide bonds. The van der Waals surface area contributed by atoms with Crippen molar-refractivity contribution in [2.75, 3.05) is 80.3 Å². The van der Waals surface area contributed by atoms with Crippen LogP contribution in [-0.4, -0.2) is 121 Å². The number of fused-ring (bicyclic) bond motifs is 2. The molecule has 18 heteroatoms. The lowest BCUT2D eigenvalue weighted by atomic mass is 9.95. The first kappa shape index (κ1) is 46.3. The molecule has 17 nitrogen and oxygen atoms in total. The molecule has 10 rings (SSSR count). The van der Waals surface area contributed by atoms with Crippen LogP contribution in [-0.2, 0) is 30.5 Å². The van der Waals surface area contributed by atoms with E-state index >= 15 is 0 Å². The molecule has 0 spiro atoms. The number of piperazine rings is 1. The maximum absolute atomic E-state index is 13.3. The second kappa shape index (κ2) is 19.5. The third kappa shape index (κ3) is 9.73. The van der Waals surface area contributed by atoms with Gasteiger partial charge in [-0.15, -0.1) is 0 Å². The molecule has 362 valence electrons. The summed E-state index contributed by atoms with van der Waals surface area (Å²) in [5, 5.41) is 11.7. The first-order valence-corrected chi connectivity index (χ1v) is 23.8. The lowest BCUT2D eigenvalue weighted by Gasteiger charge is -2.39. The van der Waals surface area contributed by atoms with Gasteiger partial charge in [0, 0.05) is 98.6 Å². The average Bonchev–Trinajstić information content (AvgIpc) is 4.12. The number of amides is 6. The number of rotatable bonds is 14.